The summed E-state index contributed by atoms with van der Waals surface area (Å²) >= 11 is 3.37. The number of likely N-dealkylation sites (tertiary alicyclic amines) is 1. The average molecular weight is 378 g/mol. The molecule has 2 aromatic rings. The van der Waals surface area contributed by atoms with Crippen LogP contribution >= 0.6 is 23.1 Å². The molecule has 7 heteroatoms. The average Bonchev–Trinajstić information content (AvgIpc) is 3.11. The van der Waals surface area contributed by atoms with Crippen LogP contribution in [0.3, 0.4) is 0 Å². The lowest BCUT2D eigenvalue weighted by Gasteiger charge is -2.31. The van der Waals surface area contributed by atoms with Crippen molar-refractivity contribution in [3.8, 4) is 11.3 Å². The molecule has 0 unspecified atom stereocenters. The van der Waals surface area contributed by atoms with Crippen molar-refractivity contribution < 1.29 is 9.53 Å². The maximum atomic E-state index is 11.7. The fraction of sp³-hybridized carbons (Fsp3) is 0.444. The Labute approximate surface area is 156 Å². The summed E-state index contributed by atoms with van der Waals surface area (Å²) in [5, 5.41) is 6.54. The van der Waals surface area contributed by atoms with Gasteiger partial charge in [-0.15, -0.1) is 23.1 Å². The lowest BCUT2D eigenvalue weighted by molar-refractivity contribution is 0.0983. The van der Waals surface area contributed by atoms with Crippen LogP contribution in [-0.4, -0.2) is 48.0 Å². The van der Waals surface area contributed by atoms with E-state index >= 15 is 0 Å². The molecule has 1 amide bonds. The maximum Gasteiger partial charge on any atom is 0.409 e. The number of ether oxygens (including phenoxy) is 1. The molecule has 1 N–H and O–H groups in total. The van der Waals surface area contributed by atoms with E-state index < -0.39 is 0 Å². The summed E-state index contributed by atoms with van der Waals surface area (Å²) in [7, 11) is 0. The Bertz CT molecular complexity index is 695. The maximum absolute atomic E-state index is 11.7. The van der Waals surface area contributed by atoms with Gasteiger partial charge in [0.15, 0.2) is 5.13 Å². The number of hydrogen-bond acceptors (Lipinski definition) is 6. The number of thiazole rings is 1. The van der Waals surface area contributed by atoms with Crippen LogP contribution in [0.1, 0.15) is 19.8 Å². The van der Waals surface area contributed by atoms with Crippen molar-refractivity contribution >= 4 is 34.3 Å². The minimum Gasteiger partial charge on any atom is -0.450 e. The monoisotopic (exact) mass is 377 g/mol. The van der Waals surface area contributed by atoms with E-state index in [2.05, 4.69) is 41.2 Å². The number of benzene rings is 1. The van der Waals surface area contributed by atoms with E-state index in [-0.39, 0.29) is 6.09 Å². The SMILES string of the molecule is CCOC(=O)N1CCC(Nc2nc(-c3ccc(SC)cc3)cs2)CC1. The number of hydrogen-bond donors (Lipinski definition) is 1. The van der Waals surface area contributed by atoms with Crippen molar-refractivity contribution in [3.63, 3.8) is 0 Å². The van der Waals surface area contributed by atoms with E-state index in [0.29, 0.717) is 12.6 Å². The molecule has 0 saturated carbocycles. The number of anilines is 1. The van der Waals surface area contributed by atoms with Crippen LogP contribution in [0.4, 0.5) is 9.93 Å². The van der Waals surface area contributed by atoms with Crippen molar-refractivity contribution in [2.45, 2.75) is 30.7 Å². The number of rotatable bonds is 5. The van der Waals surface area contributed by atoms with Gasteiger partial charge in [0.1, 0.15) is 0 Å². The third-order valence-corrected chi connectivity index (χ3v) is 5.76. The predicted molar refractivity (Wildman–Crippen MR) is 105 cm³/mol. The molecule has 1 saturated heterocycles. The van der Waals surface area contributed by atoms with Gasteiger partial charge in [0, 0.05) is 35.0 Å². The zero-order valence-corrected chi connectivity index (χ0v) is 16.2. The van der Waals surface area contributed by atoms with Crippen LogP contribution in [0.5, 0.6) is 0 Å². The Kier molecular flexibility index (Phi) is 6.20. The van der Waals surface area contributed by atoms with Gasteiger partial charge in [-0.05, 0) is 38.2 Å². The van der Waals surface area contributed by atoms with Crippen LogP contribution in [-0.2, 0) is 4.74 Å². The molecule has 2 heterocycles. The number of carbonyl (C=O) groups excluding carboxylic acids is 1. The first kappa shape index (κ1) is 18.1. The molecule has 134 valence electrons. The minimum atomic E-state index is -0.203. The third kappa shape index (κ3) is 4.67. The third-order valence-electron chi connectivity index (χ3n) is 4.24. The van der Waals surface area contributed by atoms with E-state index in [1.165, 1.54) is 4.90 Å². The van der Waals surface area contributed by atoms with Crippen molar-refractivity contribution in [2.75, 3.05) is 31.3 Å². The summed E-state index contributed by atoms with van der Waals surface area (Å²) < 4.78 is 5.06. The van der Waals surface area contributed by atoms with E-state index in [1.54, 1.807) is 28.0 Å². The highest BCUT2D eigenvalue weighted by Crippen LogP contribution is 2.28. The topological polar surface area (TPSA) is 54.5 Å². The van der Waals surface area contributed by atoms with Crippen LogP contribution in [0.25, 0.3) is 11.3 Å². The van der Waals surface area contributed by atoms with Crippen molar-refractivity contribution in [1.29, 1.82) is 0 Å². The van der Waals surface area contributed by atoms with Gasteiger partial charge in [0.05, 0.1) is 12.3 Å². The molecular weight excluding hydrogens is 354 g/mol. The molecule has 0 bridgehead atoms. The molecule has 0 spiro atoms. The van der Waals surface area contributed by atoms with Crippen LogP contribution in [0.2, 0.25) is 0 Å². The minimum absolute atomic E-state index is 0.203. The summed E-state index contributed by atoms with van der Waals surface area (Å²) in [4.78, 5) is 19.5. The molecule has 0 radical (unpaired) electrons. The number of thioether (sulfide) groups is 1. The van der Waals surface area contributed by atoms with Gasteiger partial charge in [-0.25, -0.2) is 9.78 Å². The Morgan fingerprint density at radius 3 is 2.72 bits per heavy atom. The van der Waals surface area contributed by atoms with Gasteiger partial charge in [0.25, 0.3) is 0 Å². The quantitative estimate of drug-likeness (QED) is 0.774. The Morgan fingerprint density at radius 1 is 1.36 bits per heavy atom. The van der Waals surface area contributed by atoms with Gasteiger partial charge in [-0.2, -0.15) is 0 Å². The molecule has 0 aliphatic carbocycles. The lowest BCUT2D eigenvalue weighted by Crippen LogP contribution is -2.42. The van der Waals surface area contributed by atoms with Crippen LogP contribution < -0.4 is 5.32 Å². The van der Waals surface area contributed by atoms with Crippen molar-refractivity contribution in [1.82, 2.24) is 9.88 Å². The molecule has 5 nitrogen and oxygen atoms in total. The van der Waals surface area contributed by atoms with Crippen LogP contribution in [0, 0.1) is 0 Å². The number of nitrogens with one attached hydrogen (secondary N) is 1. The van der Waals surface area contributed by atoms with Gasteiger partial charge < -0.3 is 15.0 Å². The highest BCUT2D eigenvalue weighted by molar-refractivity contribution is 7.98. The predicted octanol–water partition coefficient (Wildman–Crippen LogP) is 4.56. The highest BCUT2D eigenvalue weighted by Gasteiger charge is 2.24. The van der Waals surface area contributed by atoms with Crippen molar-refractivity contribution in [2.24, 2.45) is 0 Å². The fourth-order valence-corrected chi connectivity index (χ4v) is 4.04. The van der Waals surface area contributed by atoms with Crippen molar-refractivity contribution in [3.05, 3.63) is 29.6 Å². The van der Waals surface area contributed by atoms with E-state index in [9.17, 15) is 4.79 Å². The molecule has 1 fully saturated rings. The van der Waals surface area contributed by atoms with Gasteiger partial charge in [0.2, 0.25) is 0 Å². The second-order valence-electron chi connectivity index (χ2n) is 5.87. The van der Waals surface area contributed by atoms with Gasteiger partial charge >= 0.3 is 6.09 Å². The van der Waals surface area contributed by atoms with Crippen LogP contribution in [0.15, 0.2) is 34.5 Å². The molecule has 1 aliphatic rings. The number of amides is 1. The second kappa shape index (κ2) is 8.58. The number of nitrogens with zero attached hydrogens (tertiary/aromatic N) is 2. The smallest absolute Gasteiger partial charge is 0.409 e. The van der Waals surface area contributed by atoms with Gasteiger partial charge in [-0.1, -0.05) is 12.1 Å². The Morgan fingerprint density at radius 2 is 2.08 bits per heavy atom. The Balaban J connectivity index is 1.54. The summed E-state index contributed by atoms with van der Waals surface area (Å²) in [6.07, 6.45) is 3.70. The largest absolute Gasteiger partial charge is 0.450 e. The first-order valence-electron chi connectivity index (χ1n) is 8.47. The number of piperidine rings is 1. The second-order valence-corrected chi connectivity index (χ2v) is 7.61. The first-order valence-corrected chi connectivity index (χ1v) is 10.6. The molecular formula is C18H23N3O2S2. The molecule has 0 atom stereocenters. The Hall–Kier alpha value is -1.73. The summed E-state index contributed by atoms with van der Waals surface area (Å²) in [6, 6.07) is 8.82. The zero-order chi connectivity index (χ0) is 17.6. The van der Waals surface area contributed by atoms with E-state index in [0.717, 1.165) is 42.3 Å². The summed E-state index contributed by atoms with van der Waals surface area (Å²) in [6.45, 7) is 3.72. The van der Waals surface area contributed by atoms with E-state index in [1.807, 2.05) is 6.92 Å². The summed E-state index contributed by atoms with van der Waals surface area (Å²) in [5.74, 6) is 0. The lowest BCUT2D eigenvalue weighted by atomic mass is 10.1. The molecule has 25 heavy (non-hydrogen) atoms. The first-order chi connectivity index (χ1) is 12.2. The highest BCUT2D eigenvalue weighted by atomic mass is 32.2. The standard InChI is InChI=1S/C18H23N3O2S2/c1-3-23-18(22)21-10-8-14(9-11-21)19-17-20-16(12-25-17)13-4-6-15(24-2)7-5-13/h4-7,12,14H,3,8-11H2,1-2H3,(H,19,20). The number of carbonyl (C=O) groups is 1. The number of aromatic nitrogens is 1. The normalized spacial score (nSPS) is 15.2. The summed E-state index contributed by atoms with van der Waals surface area (Å²) in [5.41, 5.74) is 2.14. The molecule has 1 aliphatic heterocycles. The fourth-order valence-electron chi connectivity index (χ4n) is 2.83. The zero-order valence-electron chi connectivity index (χ0n) is 14.5. The molecule has 1 aromatic heterocycles. The van der Waals surface area contributed by atoms with Gasteiger partial charge in [-0.3, -0.25) is 0 Å². The molecule has 3 rings (SSSR count). The van der Waals surface area contributed by atoms with E-state index in [4.69, 9.17) is 9.72 Å². The molecule has 1 aromatic carbocycles.